The molecule has 5 heteroatoms. The number of hydrogen-bond donors (Lipinski definition) is 0. The van der Waals surface area contributed by atoms with E-state index < -0.39 is 23.3 Å². The van der Waals surface area contributed by atoms with Gasteiger partial charge >= 0.3 is 0 Å². The summed E-state index contributed by atoms with van der Waals surface area (Å²) in [5.74, 6) is -3.97. The Morgan fingerprint density at radius 2 is 1.10 bits per heavy atom. The molecule has 0 bridgehead atoms. The number of benzene rings is 2. The van der Waals surface area contributed by atoms with Crippen LogP contribution in [0.2, 0.25) is 0 Å². The van der Waals surface area contributed by atoms with Crippen LogP contribution in [0.4, 0.5) is 17.6 Å². The Balaban J connectivity index is 1.53. The Kier molecular flexibility index (Phi) is 14.4. The molecule has 1 nitrogen and oxygen atoms in total. The Morgan fingerprint density at radius 3 is 1.73 bits per heavy atom. The second-order valence-electron chi connectivity index (χ2n) is 11.8. The number of ether oxygens (including phenoxy) is 1. The van der Waals surface area contributed by atoms with E-state index in [1.807, 2.05) is 0 Å². The van der Waals surface area contributed by atoms with Crippen molar-refractivity contribution in [3.05, 3.63) is 53.1 Å². The SMILES string of the molecule is CCCCCCCCCOc1ccc(-c2ccc(C3CCC(CCCCCCCC)CC3)c(F)c2F)c(F)c1F. The van der Waals surface area contributed by atoms with E-state index in [1.165, 1.54) is 88.8 Å². The fourth-order valence-corrected chi connectivity index (χ4v) is 6.16. The first-order chi connectivity index (χ1) is 19.5. The third-order valence-corrected chi connectivity index (χ3v) is 8.71. The van der Waals surface area contributed by atoms with Crippen molar-refractivity contribution in [2.24, 2.45) is 5.92 Å². The van der Waals surface area contributed by atoms with E-state index >= 15 is 8.78 Å². The van der Waals surface area contributed by atoms with Crippen LogP contribution < -0.4 is 4.74 Å². The first-order valence-electron chi connectivity index (χ1n) is 16.1. The van der Waals surface area contributed by atoms with Crippen molar-refractivity contribution < 1.29 is 22.3 Å². The minimum Gasteiger partial charge on any atom is -0.490 e. The van der Waals surface area contributed by atoms with Gasteiger partial charge in [0.25, 0.3) is 0 Å². The predicted octanol–water partition coefficient (Wildman–Crippen LogP) is 12.1. The molecule has 224 valence electrons. The lowest BCUT2D eigenvalue weighted by molar-refractivity contribution is 0.285. The van der Waals surface area contributed by atoms with Crippen LogP contribution in [0.15, 0.2) is 24.3 Å². The van der Waals surface area contributed by atoms with Crippen molar-refractivity contribution in [2.75, 3.05) is 6.61 Å². The van der Waals surface area contributed by atoms with E-state index in [0.29, 0.717) is 18.1 Å². The van der Waals surface area contributed by atoms with Crippen molar-refractivity contribution in [1.82, 2.24) is 0 Å². The molecule has 3 rings (SSSR count). The summed E-state index contributed by atoms with van der Waals surface area (Å²) in [7, 11) is 0. The van der Waals surface area contributed by atoms with E-state index in [1.54, 1.807) is 6.07 Å². The van der Waals surface area contributed by atoms with Crippen LogP contribution in [-0.4, -0.2) is 6.61 Å². The molecule has 0 heterocycles. The van der Waals surface area contributed by atoms with Crippen molar-refractivity contribution in [3.8, 4) is 16.9 Å². The molecule has 0 unspecified atom stereocenters. The maximum atomic E-state index is 15.2. The maximum Gasteiger partial charge on any atom is 0.201 e. The first kappa shape index (κ1) is 32.5. The normalized spacial score (nSPS) is 17.4. The highest BCUT2D eigenvalue weighted by Gasteiger charge is 2.27. The molecule has 0 atom stereocenters. The Labute approximate surface area is 240 Å². The third kappa shape index (κ3) is 9.52. The van der Waals surface area contributed by atoms with Gasteiger partial charge in [-0.15, -0.1) is 0 Å². The standard InChI is InChI=1S/C35H50F4O/c1-3-5-7-9-11-13-15-25-40-31-24-23-30(34(38)35(31)39)29-22-21-28(32(36)33(29)37)27-19-17-26(18-20-27)16-14-12-10-8-6-4-2/h21-24,26-27H,3-20,25H2,1-2H3. The quantitative estimate of drug-likeness (QED) is 0.130. The molecular formula is C35H50F4O. The molecule has 0 radical (unpaired) electrons. The summed E-state index contributed by atoms with van der Waals surface area (Å²) in [6, 6.07) is 5.55. The average Bonchev–Trinajstić information content (AvgIpc) is 2.96. The minimum absolute atomic E-state index is 0.0339. The molecule has 0 saturated heterocycles. The smallest absolute Gasteiger partial charge is 0.201 e. The van der Waals surface area contributed by atoms with Crippen LogP contribution >= 0.6 is 0 Å². The topological polar surface area (TPSA) is 9.23 Å². The van der Waals surface area contributed by atoms with Crippen LogP contribution in [0, 0.1) is 29.2 Å². The summed E-state index contributed by atoms with van der Waals surface area (Å²) in [4.78, 5) is 0. The summed E-state index contributed by atoms with van der Waals surface area (Å²) in [5.41, 5.74) is -0.186. The predicted molar refractivity (Wildman–Crippen MR) is 158 cm³/mol. The number of hydrogen-bond acceptors (Lipinski definition) is 1. The van der Waals surface area contributed by atoms with Crippen molar-refractivity contribution in [2.45, 2.75) is 135 Å². The Bertz CT molecular complexity index is 1010. The summed E-state index contributed by atoms with van der Waals surface area (Å²) >= 11 is 0. The number of rotatable bonds is 18. The minimum atomic E-state index is -1.21. The lowest BCUT2D eigenvalue weighted by atomic mass is 9.76. The second-order valence-corrected chi connectivity index (χ2v) is 11.8. The van der Waals surface area contributed by atoms with Crippen LogP contribution in [0.3, 0.4) is 0 Å². The molecule has 2 aromatic rings. The molecule has 1 aliphatic rings. The zero-order chi connectivity index (χ0) is 28.7. The fraction of sp³-hybridized carbons (Fsp3) is 0.657. The van der Waals surface area contributed by atoms with E-state index in [0.717, 1.165) is 44.9 Å². The monoisotopic (exact) mass is 562 g/mol. The highest BCUT2D eigenvalue weighted by Crippen LogP contribution is 2.41. The zero-order valence-electron chi connectivity index (χ0n) is 24.8. The van der Waals surface area contributed by atoms with Crippen LogP contribution in [0.25, 0.3) is 11.1 Å². The fourth-order valence-electron chi connectivity index (χ4n) is 6.16. The van der Waals surface area contributed by atoms with Crippen molar-refractivity contribution in [3.63, 3.8) is 0 Å². The number of unbranched alkanes of at least 4 members (excludes halogenated alkanes) is 11. The second kappa shape index (κ2) is 17.7. The number of halogens is 4. The molecule has 1 fully saturated rings. The first-order valence-corrected chi connectivity index (χ1v) is 16.1. The van der Waals surface area contributed by atoms with Gasteiger partial charge in [0, 0.05) is 11.1 Å². The summed E-state index contributed by atoms with van der Waals surface area (Å²) < 4.78 is 65.6. The average molecular weight is 563 g/mol. The molecule has 0 amide bonds. The Morgan fingerprint density at radius 1 is 0.575 bits per heavy atom. The van der Waals surface area contributed by atoms with E-state index in [2.05, 4.69) is 13.8 Å². The van der Waals surface area contributed by atoms with E-state index in [4.69, 9.17) is 4.74 Å². The van der Waals surface area contributed by atoms with Gasteiger partial charge in [0.2, 0.25) is 5.82 Å². The molecule has 0 aliphatic heterocycles. The summed E-state index contributed by atoms with van der Waals surface area (Å²) in [6.45, 7) is 4.70. The van der Waals surface area contributed by atoms with Crippen molar-refractivity contribution in [1.29, 1.82) is 0 Å². The highest BCUT2D eigenvalue weighted by atomic mass is 19.2. The molecule has 1 aliphatic carbocycles. The third-order valence-electron chi connectivity index (χ3n) is 8.71. The summed E-state index contributed by atoms with van der Waals surface area (Å²) in [6.07, 6.45) is 20.3. The molecule has 0 N–H and O–H groups in total. The Hall–Kier alpha value is -2.04. The molecule has 2 aromatic carbocycles. The van der Waals surface area contributed by atoms with Gasteiger partial charge in [-0.25, -0.2) is 13.2 Å². The highest BCUT2D eigenvalue weighted by molar-refractivity contribution is 5.66. The molecule has 40 heavy (non-hydrogen) atoms. The molecule has 0 spiro atoms. The van der Waals surface area contributed by atoms with Crippen LogP contribution in [0.1, 0.15) is 141 Å². The molecular weight excluding hydrogens is 512 g/mol. The van der Waals surface area contributed by atoms with Crippen LogP contribution in [-0.2, 0) is 0 Å². The maximum absolute atomic E-state index is 15.2. The van der Waals surface area contributed by atoms with Gasteiger partial charge in [0.05, 0.1) is 6.61 Å². The summed E-state index contributed by atoms with van der Waals surface area (Å²) in [5, 5.41) is 0. The van der Waals surface area contributed by atoms with Gasteiger partial charge in [-0.3, -0.25) is 0 Å². The van der Waals surface area contributed by atoms with Gasteiger partial charge < -0.3 is 4.74 Å². The van der Waals surface area contributed by atoms with Crippen molar-refractivity contribution >= 4 is 0 Å². The zero-order valence-corrected chi connectivity index (χ0v) is 24.8. The van der Waals surface area contributed by atoms with Crippen LogP contribution in [0.5, 0.6) is 5.75 Å². The van der Waals surface area contributed by atoms with Gasteiger partial charge in [-0.2, -0.15) is 4.39 Å². The lowest BCUT2D eigenvalue weighted by Crippen LogP contribution is -2.15. The molecule has 0 aromatic heterocycles. The van der Waals surface area contributed by atoms with Gasteiger partial charge in [0.15, 0.2) is 23.2 Å². The van der Waals surface area contributed by atoms with Gasteiger partial charge in [-0.05, 0) is 61.6 Å². The lowest BCUT2D eigenvalue weighted by Gasteiger charge is -2.29. The van der Waals surface area contributed by atoms with Gasteiger partial charge in [-0.1, -0.05) is 109 Å². The largest absolute Gasteiger partial charge is 0.490 e. The van der Waals surface area contributed by atoms with Gasteiger partial charge in [0.1, 0.15) is 0 Å². The van der Waals surface area contributed by atoms with E-state index in [-0.39, 0.29) is 22.8 Å². The van der Waals surface area contributed by atoms with E-state index in [9.17, 15) is 8.78 Å². The molecule has 1 saturated carbocycles.